The molecule has 7 nitrogen and oxygen atoms in total. The van der Waals surface area contributed by atoms with Crippen molar-refractivity contribution in [1.29, 1.82) is 0 Å². The molecule has 108 valence electrons. The van der Waals surface area contributed by atoms with Gasteiger partial charge in [0, 0.05) is 7.11 Å². The molecule has 0 saturated carbocycles. The van der Waals surface area contributed by atoms with Crippen molar-refractivity contribution in [3.8, 4) is 5.75 Å². The van der Waals surface area contributed by atoms with E-state index in [1.807, 2.05) is 0 Å². The maximum Gasteiger partial charge on any atom is 0.241 e. The Morgan fingerprint density at radius 1 is 1.42 bits per heavy atom. The number of nitrogen functional groups attached to an aromatic ring is 1. The Bertz CT molecular complexity index is 518. The van der Waals surface area contributed by atoms with Gasteiger partial charge in [-0.2, -0.15) is 0 Å². The first kappa shape index (κ1) is 15.7. The summed E-state index contributed by atoms with van der Waals surface area (Å²) in [6.07, 6.45) is 0. The van der Waals surface area contributed by atoms with E-state index in [4.69, 9.17) is 20.3 Å². The minimum Gasteiger partial charge on any atom is -0.495 e. The van der Waals surface area contributed by atoms with Gasteiger partial charge in [0.2, 0.25) is 10.0 Å². The number of hydrogen-bond donors (Lipinski definition) is 3. The number of sulfonamides is 1. The normalized spacial score (nSPS) is 13.2. The molecule has 0 spiro atoms. The van der Waals surface area contributed by atoms with Gasteiger partial charge in [-0.1, -0.05) is 0 Å². The predicted octanol–water partition coefficient (Wildman–Crippen LogP) is -0.437. The fourth-order valence-electron chi connectivity index (χ4n) is 1.49. The summed E-state index contributed by atoms with van der Waals surface area (Å²) in [6.45, 7) is -0.292. The van der Waals surface area contributed by atoms with Crippen LogP contribution in [0.4, 0.5) is 5.69 Å². The summed E-state index contributed by atoms with van der Waals surface area (Å²) in [5.41, 5.74) is 5.88. The van der Waals surface area contributed by atoms with E-state index >= 15 is 0 Å². The summed E-state index contributed by atoms with van der Waals surface area (Å²) >= 11 is 0. The van der Waals surface area contributed by atoms with Crippen molar-refractivity contribution < 1.29 is 23.0 Å². The minimum absolute atomic E-state index is 0.000327. The van der Waals surface area contributed by atoms with Crippen LogP contribution in [0.2, 0.25) is 0 Å². The standard InChI is InChI=1S/C11H18N2O5S/c1-17-7-8(6-14)13-19(15,16)9-3-4-11(18-2)10(12)5-9/h3-5,8,13-14H,6-7,12H2,1-2H3. The molecule has 0 amide bonds. The second kappa shape index (κ2) is 6.71. The molecule has 0 aromatic heterocycles. The molecule has 1 aromatic carbocycles. The minimum atomic E-state index is -3.77. The van der Waals surface area contributed by atoms with Gasteiger partial charge in [-0.25, -0.2) is 13.1 Å². The van der Waals surface area contributed by atoms with E-state index in [0.29, 0.717) is 5.75 Å². The van der Waals surface area contributed by atoms with Gasteiger partial charge >= 0.3 is 0 Å². The summed E-state index contributed by atoms with van der Waals surface area (Å²) in [4.78, 5) is 0.000327. The highest BCUT2D eigenvalue weighted by molar-refractivity contribution is 7.89. The van der Waals surface area contributed by atoms with Gasteiger partial charge in [0.15, 0.2) is 0 Å². The summed E-state index contributed by atoms with van der Waals surface area (Å²) < 4.78 is 36.2. The number of rotatable bonds is 7. The van der Waals surface area contributed by atoms with E-state index in [1.165, 1.54) is 32.4 Å². The van der Waals surface area contributed by atoms with Crippen molar-refractivity contribution in [3.05, 3.63) is 18.2 Å². The molecule has 1 atom stereocenters. The van der Waals surface area contributed by atoms with Crippen LogP contribution >= 0.6 is 0 Å². The third kappa shape index (κ3) is 4.06. The highest BCUT2D eigenvalue weighted by Gasteiger charge is 2.20. The highest BCUT2D eigenvalue weighted by atomic mass is 32.2. The Morgan fingerprint density at radius 2 is 2.11 bits per heavy atom. The molecule has 0 radical (unpaired) electrons. The number of hydrogen-bond acceptors (Lipinski definition) is 6. The van der Waals surface area contributed by atoms with Gasteiger partial charge in [-0.3, -0.25) is 0 Å². The summed E-state index contributed by atoms with van der Waals surface area (Å²) in [5, 5.41) is 9.05. The Hall–Kier alpha value is -1.35. The molecule has 0 fully saturated rings. The van der Waals surface area contributed by atoms with E-state index in [-0.39, 0.29) is 23.8 Å². The molecule has 4 N–H and O–H groups in total. The van der Waals surface area contributed by atoms with Gasteiger partial charge in [-0.05, 0) is 18.2 Å². The number of aliphatic hydroxyl groups is 1. The Balaban J connectivity index is 2.96. The van der Waals surface area contributed by atoms with Crippen LogP contribution in [0.3, 0.4) is 0 Å². The molecular weight excluding hydrogens is 272 g/mol. The zero-order chi connectivity index (χ0) is 14.5. The number of ether oxygens (including phenoxy) is 2. The van der Waals surface area contributed by atoms with Crippen LogP contribution in [0, 0.1) is 0 Å². The number of methoxy groups -OCH3 is 2. The van der Waals surface area contributed by atoms with Crippen LogP contribution in [0.5, 0.6) is 5.75 Å². The van der Waals surface area contributed by atoms with Crippen LogP contribution in [-0.4, -0.2) is 47.0 Å². The van der Waals surface area contributed by atoms with Crippen LogP contribution in [-0.2, 0) is 14.8 Å². The van der Waals surface area contributed by atoms with Crippen LogP contribution in [0.25, 0.3) is 0 Å². The number of nitrogens with one attached hydrogen (secondary N) is 1. The third-order valence-corrected chi connectivity index (χ3v) is 3.94. The zero-order valence-electron chi connectivity index (χ0n) is 10.8. The maximum atomic E-state index is 12.1. The van der Waals surface area contributed by atoms with Gasteiger partial charge in [0.25, 0.3) is 0 Å². The molecule has 1 unspecified atom stereocenters. The zero-order valence-corrected chi connectivity index (χ0v) is 11.6. The molecular formula is C11H18N2O5S. The van der Waals surface area contributed by atoms with E-state index in [0.717, 1.165) is 0 Å². The fraction of sp³-hybridized carbons (Fsp3) is 0.455. The van der Waals surface area contributed by atoms with E-state index < -0.39 is 16.1 Å². The first-order chi connectivity index (χ1) is 8.94. The van der Waals surface area contributed by atoms with Crippen molar-refractivity contribution in [2.75, 3.05) is 33.2 Å². The lowest BCUT2D eigenvalue weighted by atomic mass is 10.3. The van der Waals surface area contributed by atoms with Gasteiger partial charge in [0.1, 0.15) is 5.75 Å². The average molecular weight is 290 g/mol. The molecule has 0 bridgehead atoms. The van der Waals surface area contributed by atoms with Crippen LogP contribution < -0.4 is 15.2 Å². The third-order valence-electron chi connectivity index (χ3n) is 2.42. The monoisotopic (exact) mass is 290 g/mol. The van der Waals surface area contributed by atoms with Crippen LogP contribution in [0.15, 0.2) is 23.1 Å². The number of anilines is 1. The highest BCUT2D eigenvalue weighted by Crippen LogP contribution is 2.24. The smallest absolute Gasteiger partial charge is 0.241 e. The topological polar surface area (TPSA) is 111 Å². The van der Waals surface area contributed by atoms with Gasteiger partial charge in [0.05, 0.1) is 36.9 Å². The molecule has 0 aliphatic rings. The van der Waals surface area contributed by atoms with Gasteiger partial charge in [-0.15, -0.1) is 0 Å². The molecule has 19 heavy (non-hydrogen) atoms. The number of benzene rings is 1. The first-order valence-corrected chi connectivity index (χ1v) is 6.98. The molecule has 0 aliphatic heterocycles. The maximum absolute atomic E-state index is 12.1. The lowest BCUT2D eigenvalue weighted by molar-refractivity contribution is 0.139. The van der Waals surface area contributed by atoms with E-state index in [9.17, 15) is 8.42 Å². The van der Waals surface area contributed by atoms with Crippen molar-refractivity contribution in [3.63, 3.8) is 0 Å². The van der Waals surface area contributed by atoms with Crippen molar-refractivity contribution in [1.82, 2.24) is 4.72 Å². The second-order valence-corrected chi connectivity index (χ2v) is 5.57. The van der Waals surface area contributed by atoms with Crippen LogP contribution in [0.1, 0.15) is 0 Å². The van der Waals surface area contributed by atoms with E-state index in [2.05, 4.69) is 4.72 Å². The molecule has 0 heterocycles. The Labute approximate surface area is 112 Å². The molecule has 1 rings (SSSR count). The molecule has 8 heteroatoms. The summed E-state index contributed by atoms with van der Waals surface area (Å²) in [6, 6.07) is 3.42. The Morgan fingerprint density at radius 3 is 2.58 bits per heavy atom. The largest absolute Gasteiger partial charge is 0.495 e. The van der Waals surface area contributed by atoms with Crippen molar-refractivity contribution >= 4 is 15.7 Å². The van der Waals surface area contributed by atoms with E-state index in [1.54, 1.807) is 0 Å². The predicted molar refractivity (Wildman–Crippen MR) is 70.5 cm³/mol. The number of aliphatic hydroxyl groups excluding tert-OH is 1. The van der Waals surface area contributed by atoms with Crippen molar-refractivity contribution in [2.24, 2.45) is 0 Å². The molecule has 0 saturated heterocycles. The van der Waals surface area contributed by atoms with Gasteiger partial charge < -0.3 is 20.3 Å². The van der Waals surface area contributed by atoms with Crippen molar-refractivity contribution in [2.45, 2.75) is 10.9 Å². The summed E-state index contributed by atoms with van der Waals surface area (Å²) in [5.74, 6) is 0.398. The average Bonchev–Trinajstić information content (AvgIpc) is 2.37. The fourth-order valence-corrected chi connectivity index (χ4v) is 2.74. The lowest BCUT2D eigenvalue weighted by Crippen LogP contribution is -2.40. The number of nitrogens with two attached hydrogens (primary N) is 1. The quantitative estimate of drug-likeness (QED) is 0.587. The SMILES string of the molecule is COCC(CO)NS(=O)(=O)c1ccc(OC)c(N)c1. The first-order valence-electron chi connectivity index (χ1n) is 5.50. The summed E-state index contributed by atoms with van der Waals surface area (Å²) in [7, 11) is -0.905. The molecule has 0 aliphatic carbocycles. The lowest BCUT2D eigenvalue weighted by Gasteiger charge is -2.16. The Kier molecular flexibility index (Phi) is 5.55. The molecule has 1 aromatic rings. The second-order valence-electron chi connectivity index (χ2n) is 3.86.